The summed E-state index contributed by atoms with van der Waals surface area (Å²) in [6, 6.07) is 7.25. The van der Waals surface area contributed by atoms with Gasteiger partial charge in [-0.15, -0.1) is 0 Å². The van der Waals surface area contributed by atoms with Crippen molar-refractivity contribution >= 4 is 34.5 Å². The van der Waals surface area contributed by atoms with Crippen LogP contribution in [0, 0.1) is 6.92 Å². The Labute approximate surface area is 203 Å². The maximum Gasteiger partial charge on any atom is 0.336 e. The highest BCUT2D eigenvalue weighted by Crippen LogP contribution is 2.26. The Kier molecular flexibility index (Phi) is 9.30. The van der Waals surface area contributed by atoms with Gasteiger partial charge >= 0.3 is 5.63 Å². The first-order chi connectivity index (χ1) is 15.2. The first-order valence-electron chi connectivity index (χ1n) is 11.2. The lowest BCUT2D eigenvalue weighted by Gasteiger charge is -2.30. The van der Waals surface area contributed by atoms with Crippen LogP contribution in [-0.4, -0.2) is 46.6 Å². The molecule has 0 unspecified atom stereocenters. The SMILES string of the molecule is Cc1cc(=O)oc2cc(Nc3nc(N4CCCCC4)nc(N4CCCCC4)n3)ccc12.N.N.O.[HH].[HH].[HH]. The van der Waals surface area contributed by atoms with E-state index in [-0.39, 0.29) is 27.7 Å². The fraction of sp³-hybridized carbons (Fsp3) is 0.478. The number of fused-ring (bicyclic) bond motifs is 1. The number of aromatic nitrogens is 3. The highest BCUT2D eigenvalue weighted by molar-refractivity contribution is 5.83. The molecule has 0 bridgehead atoms. The fourth-order valence-electron chi connectivity index (χ4n) is 4.41. The van der Waals surface area contributed by atoms with Crippen LogP contribution in [0.3, 0.4) is 0 Å². The Morgan fingerprint density at radius 3 is 1.97 bits per heavy atom. The molecule has 0 amide bonds. The summed E-state index contributed by atoms with van der Waals surface area (Å²) in [4.78, 5) is 30.6. The van der Waals surface area contributed by atoms with Gasteiger partial charge in [-0.25, -0.2) is 4.79 Å². The maximum atomic E-state index is 11.8. The third-order valence-electron chi connectivity index (χ3n) is 6.10. The first kappa shape index (κ1) is 27.0. The lowest BCUT2D eigenvalue weighted by atomic mass is 10.1. The van der Waals surface area contributed by atoms with E-state index in [2.05, 4.69) is 15.1 Å². The van der Waals surface area contributed by atoms with Gasteiger partial charge in [0.25, 0.3) is 0 Å². The van der Waals surface area contributed by atoms with Gasteiger partial charge in [0.1, 0.15) is 5.58 Å². The number of hydrogen-bond donors (Lipinski definition) is 3. The molecule has 3 aromatic rings. The van der Waals surface area contributed by atoms with E-state index in [1.165, 1.54) is 18.9 Å². The second kappa shape index (κ2) is 11.7. The van der Waals surface area contributed by atoms with Crippen molar-refractivity contribution in [1.29, 1.82) is 0 Å². The van der Waals surface area contributed by atoms with Crippen LogP contribution in [0.4, 0.5) is 23.5 Å². The van der Waals surface area contributed by atoms with E-state index in [0.717, 1.165) is 80.4 Å². The van der Waals surface area contributed by atoms with Gasteiger partial charge in [-0.05, 0) is 63.1 Å². The summed E-state index contributed by atoms with van der Waals surface area (Å²) >= 11 is 0. The molecule has 11 nitrogen and oxygen atoms in total. The molecular formula is C23H42N8O3. The summed E-state index contributed by atoms with van der Waals surface area (Å²) < 4.78 is 5.39. The molecule has 0 atom stereocenters. The second-order valence-corrected chi connectivity index (χ2v) is 8.44. The number of nitrogens with zero attached hydrogens (tertiary/aromatic N) is 5. The van der Waals surface area contributed by atoms with Crippen molar-refractivity contribution < 1.29 is 14.2 Å². The molecule has 2 aromatic heterocycles. The van der Waals surface area contributed by atoms with Crippen molar-refractivity contribution in [3.8, 4) is 0 Å². The third kappa shape index (κ3) is 5.79. The number of anilines is 4. The average molecular weight is 479 g/mol. The van der Waals surface area contributed by atoms with Gasteiger partial charge in [0, 0.05) is 53.7 Å². The topological polar surface area (TPSA) is 189 Å². The van der Waals surface area contributed by atoms with Crippen molar-refractivity contribution in [3.63, 3.8) is 0 Å². The van der Waals surface area contributed by atoms with Gasteiger partial charge in [-0.1, -0.05) is 0 Å². The highest BCUT2D eigenvalue weighted by atomic mass is 16.4. The predicted octanol–water partition coefficient (Wildman–Crippen LogP) is 4.25. The second-order valence-electron chi connectivity index (χ2n) is 8.44. The number of aryl methyl sites for hydroxylation is 1. The van der Waals surface area contributed by atoms with E-state index >= 15 is 0 Å². The van der Waals surface area contributed by atoms with Crippen LogP contribution in [0.15, 0.2) is 33.5 Å². The van der Waals surface area contributed by atoms with Gasteiger partial charge in [0.15, 0.2) is 0 Å². The third-order valence-corrected chi connectivity index (χ3v) is 6.10. The largest absolute Gasteiger partial charge is 0.423 e. The molecule has 2 fully saturated rings. The van der Waals surface area contributed by atoms with E-state index in [0.29, 0.717) is 11.5 Å². The van der Waals surface area contributed by atoms with E-state index in [1.807, 2.05) is 25.1 Å². The molecule has 2 saturated heterocycles. The van der Waals surface area contributed by atoms with Crippen molar-refractivity contribution in [2.45, 2.75) is 45.4 Å². The van der Waals surface area contributed by atoms with Crippen LogP contribution >= 0.6 is 0 Å². The van der Waals surface area contributed by atoms with Crippen LogP contribution in [-0.2, 0) is 0 Å². The summed E-state index contributed by atoms with van der Waals surface area (Å²) in [5, 5.41) is 4.24. The van der Waals surface area contributed by atoms with Crippen LogP contribution in [0.1, 0.15) is 48.4 Å². The monoisotopic (exact) mass is 478 g/mol. The number of piperidine rings is 2. The summed E-state index contributed by atoms with van der Waals surface area (Å²) in [5.41, 5.74) is 1.89. The molecule has 34 heavy (non-hydrogen) atoms. The van der Waals surface area contributed by atoms with E-state index < -0.39 is 0 Å². The van der Waals surface area contributed by atoms with Crippen molar-refractivity contribution in [2.75, 3.05) is 41.3 Å². The molecule has 2 aliphatic heterocycles. The van der Waals surface area contributed by atoms with Crippen molar-refractivity contribution in [3.05, 3.63) is 40.2 Å². The smallest absolute Gasteiger partial charge is 0.336 e. The van der Waals surface area contributed by atoms with Crippen LogP contribution in [0.5, 0.6) is 0 Å². The Morgan fingerprint density at radius 1 is 0.853 bits per heavy atom. The Morgan fingerprint density at radius 2 is 1.41 bits per heavy atom. The molecule has 11 heteroatoms. The van der Waals surface area contributed by atoms with Gasteiger partial charge < -0.3 is 37.3 Å². The van der Waals surface area contributed by atoms with E-state index in [4.69, 9.17) is 19.4 Å². The van der Waals surface area contributed by atoms with Gasteiger partial charge in [-0.2, -0.15) is 15.0 Å². The molecule has 0 radical (unpaired) electrons. The molecule has 2 aliphatic rings. The van der Waals surface area contributed by atoms with Crippen molar-refractivity contribution in [2.24, 2.45) is 0 Å². The Bertz CT molecular complexity index is 1120. The molecule has 0 spiro atoms. The zero-order chi connectivity index (χ0) is 21.2. The molecular weight excluding hydrogens is 436 g/mol. The number of nitrogens with one attached hydrogen (secondary N) is 1. The lowest BCUT2D eigenvalue weighted by molar-refractivity contribution is 0.556. The number of rotatable bonds is 4. The Hall–Kier alpha value is -3.28. The molecule has 0 saturated carbocycles. The molecule has 192 valence electrons. The summed E-state index contributed by atoms with van der Waals surface area (Å²) in [5.74, 6) is 1.99. The molecule has 9 N–H and O–H groups in total. The molecule has 5 rings (SSSR count). The summed E-state index contributed by atoms with van der Waals surface area (Å²) in [7, 11) is 0. The molecule has 0 aliphatic carbocycles. The van der Waals surface area contributed by atoms with Crippen LogP contribution in [0.25, 0.3) is 11.0 Å². The standard InChI is InChI=1S/C23H28N6O2.2H3N.H2O.3H2/c1-16-14-20(30)31-19-15-17(8-9-18(16)19)24-21-25-22(28-10-4-2-5-11-28)27-23(26-21)29-12-6-3-7-13-29;;;;;;/h8-9,14-15H,2-7,10-13H2,1H3,(H,24,25,26,27);2*1H3;1H2;3*1H. The average Bonchev–Trinajstić information content (AvgIpc) is 2.80. The summed E-state index contributed by atoms with van der Waals surface area (Å²) in [6.07, 6.45) is 7.17. The van der Waals surface area contributed by atoms with Crippen molar-refractivity contribution in [1.82, 2.24) is 27.3 Å². The fourth-order valence-corrected chi connectivity index (χ4v) is 4.41. The quantitative estimate of drug-likeness (QED) is 0.457. The van der Waals surface area contributed by atoms with Crippen LogP contribution < -0.4 is 33.0 Å². The maximum absolute atomic E-state index is 11.8. The highest BCUT2D eigenvalue weighted by Gasteiger charge is 2.20. The predicted molar refractivity (Wildman–Crippen MR) is 142 cm³/mol. The molecule has 4 heterocycles. The van der Waals surface area contributed by atoms with E-state index in [9.17, 15) is 4.79 Å². The normalized spacial score (nSPS) is 15.7. The minimum atomic E-state index is -0.345. The zero-order valence-corrected chi connectivity index (χ0v) is 19.8. The number of benzene rings is 1. The molecule has 1 aromatic carbocycles. The first-order valence-corrected chi connectivity index (χ1v) is 11.2. The summed E-state index contributed by atoms with van der Waals surface area (Å²) in [6.45, 7) is 5.81. The van der Waals surface area contributed by atoms with Crippen LogP contribution in [0.2, 0.25) is 0 Å². The Balaban J connectivity index is 0. The minimum Gasteiger partial charge on any atom is -0.423 e. The number of hydrogen-bond acceptors (Lipinski definition) is 10. The zero-order valence-electron chi connectivity index (χ0n) is 19.8. The van der Waals surface area contributed by atoms with Gasteiger partial charge in [-0.3, -0.25) is 0 Å². The minimum absolute atomic E-state index is 0. The van der Waals surface area contributed by atoms with E-state index in [1.54, 1.807) is 0 Å². The van der Waals surface area contributed by atoms with Gasteiger partial charge in [0.2, 0.25) is 17.8 Å². The lowest BCUT2D eigenvalue weighted by Crippen LogP contribution is -2.34. The van der Waals surface area contributed by atoms with Gasteiger partial charge in [0.05, 0.1) is 0 Å².